The molecule has 0 aliphatic carbocycles. The summed E-state index contributed by atoms with van der Waals surface area (Å²) >= 11 is 0.987. The zero-order valence-electron chi connectivity index (χ0n) is 15.7. The van der Waals surface area contributed by atoms with Crippen molar-refractivity contribution in [2.75, 3.05) is 0 Å². The van der Waals surface area contributed by atoms with Crippen LogP contribution in [0.1, 0.15) is 11.1 Å². The molecule has 3 aromatic rings. The molecule has 0 aliphatic heterocycles. The standard InChI is InChI=1S/C22H18N2O3S2/c1-3-13-24-21(25)19(14-17-7-5-4-6-8-17)28-22(24)20(15-23)29(26,27)18-11-9-16(2)10-12-18/h3-12,14H,1,13H2,2H3. The van der Waals surface area contributed by atoms with Crippen LogP contribution in [0.4, 0.5) is 0 Å². The van der Waals surface area contributed by atoms with Crippen LogP contribution < -0.4 is 14.8 Å². The lowest BCUT2D eigenvalue weighted by Gasteiger charge is -2.04. The second-order valence-electron chi connectivity index (χ2n) is 6.29. The highest BCUT2D eigenvalue weighted by molar-refractivity contribution is 8.00. The fourth-order valence-corrected chi connectivity index (χ4v) is 5.39. The average Bonchev–Trinajstić information content (AvgIpc) is 2.99. The van der Waals surface area contributed by atoms with Gasteiger partial charge in [0.05, 0.1) is 9.43 Å². The third-order valence-electron chi connectivity index (χ3n) is 4.21. The van der Waals surface area contributed by atoms with E-state index in [1.807, 2.05) is 37.3 Å². The molecule has 0 saturated heterocycles. The third-order valence-corrected chi connectivity index (χ3v) is 7.19. The summed E-state index contributed by atoms with van der Waals surface area (Å²) in [5.74, 6) is 0. The molecular weight excluding hydrogens is 404 g/mol. The molecule has 0 aliphatic rings. The second-order valence-corrected chi connectivity index (χ2v) is 9.21. The number of rotatable bonds is 5. The van der Waals surface area contributed by atoms with Gasteiger partial charge in [-0.2, -0.15) is 5.26 Å². The zero-order chi connectivity index (χ0) is 21.0. The Bertz CT molecular complexity index is 1370. The van der Waals surface area contributed by atoms with Crippen molar-refractivity contribution < 1.29 is 8.42 Å². The van der Waals surface area contributed by atoms with Gasteiger partial charge in [-0.15, -0.1) is 17.9 Å². The number of allylic oxidation sites excluding steroid dienone is 1. The summed E-state index contributed by atoms with van der Waals surface area (Å²) in [5, 5.41) is 9.70. The predicted molar refractivity (Wildman–Crippen MR) is 115 cm³/mol. The number of nitrogens with zero attached hydrogens (tertiary/aromatic N) is 2. The molecule has 0 spiro atoms. The van der Waals surface area contributed by atoms with Crippen molar-refractivity contribution >= 4 is 32.2 Å². The van der Waals surface area contributed by atoms with E-state index in [1.54, 1.807) is 24.3 Å². The quantitative estimate of drug-likeness (QED) is 0.591. The van der Waals surface area contributed by atoms with Gasteiger partial charge >= 0.3 is 0 Å². The van der Waals surface area contributed by atoms with Crippen molar-refractivity contribution in [2.24, 2.45) is 0 Å². The van der Waals surface area contributed by atoms with Crippen LogP contribution in [-0.4, -0.2) is 13.0 Å². The maximum Gasteiger partial charge on any atom is 0.269 e. The molecule has 1 heterocycles. The smallest absolute Gasteiger partial charge is 0.269 e. The van der Waals surface area contributed by atoms with Crippen molar-refractivity contribution in [3.8, 4) is 6.07 Å². The number of hydrogen-bond acceptors (Lipinski definition) is 5. The molecule has 5 nitrogen and oxygen atoms in total. The minimum Gasteiger partial charge on any atom is -0.293 e. The van der Waals surface area contributed by atoms with Crippen LogP contribution in [-0.2, 0) is 16.4 Å². The number of benzene rings is 2. The molecule has 2 aromatic carbocycles. The normalized spacial score (nSPS) is 13.0. The van der Waals surface area contributed by atoms with Gasteiger partial charge in [0.1, 0.15) is 10.7 Å². The van der Waals surface area contributed by atoms with Gasteiger partial charge in [-0.25, -0.2) is 8.42 Å². The maximum absolute atomic E-state index is 13.1. The van der Waals surface area contributed by atoms with Gasteiger partial charge < -0.3 is 0 Å². The molecule has 0 N–H and O–H groups in total. The molecule has 146 valence electrons. The number of aryl methyl sites for hydroxylation is 1. The lowest BCUT2D eigenvalue weighted by Crippen LogP contribution is -2.32. The van der Waals surface area contributed by atoms with Crippen LogP contribution in [0, 0.1) is 18.3 Å². The van der Waals surface area contributed by atoms with E-state index in [4.69, 9.17) is 0 Å². The van der Waals surface area contributed by atoms with Gasteiger partial charge in [-0.05, 0) is 30.7 Å². The molecule has 0 bridgehead atoms. The topological polar surface area (TPSA) is 79.9 Å². The van der Waals surface area contributed by atoms with E-state index in [9.17, 15) is 18.5 Å². The van der Waals surface area contributed by atoms with Crippen LogP contribution in [0.5, 0.6) is 0 Å². The van der Waals surface area contributed by atoms with Crippen molar-refractivity contribution in [1.82, 2.24) is 4.57 Å². The third kappa shape index (κ3) is 4.14. The Labute approximate surface area is 172 Å². The van der Waals surface area contributed by atoms with E-state index in [2.05, 4.69) is 6.58 Å². The van der Waals surface area contributed by atoms with Crippen LogP contribution in [0.2, 0.25) is 0 Å². The van der Waals surface area contributed by atoms with Crippen LogP contribution in [0.15, 0.2) is 76.9 Å². The van der Waals surface area contributed by atoms with Gasteiger partial charge in [-0.3, -0.25) is 9.36 Å². The molecule has 0 unspecified atom stereocenters. The first-order chi connectivity index (χ1) is 13.9. The Morgan fingerprint density at radius 3 is 2.41 bits per heavy atom. The van der Waals surface area contributed by atoms with Crippen molar-refractivity contribution in [1.29, 1.82) is 5.26 Å². The Morgan fingerprint density at radius 1 is 1.17 bits per heavy atom. The first-order valence-electron chi connectivity index (χ1n) is 8.72. The summed E-state index contributed by atoms with van der Waals surface area (Å²) in [5.41, 5.74) is 1.35. The van der Waals surface area contributed by atoms with Gasteiger partial charge in [-0.1, -0.05) is 54.1 Å². The molecule has 3 rings (SSSR count). The summed E-state index contributed by atoms with van der Waals surface area (Å²) in [7, 11) is -4.08. The van der Waals surface area contributed by atoms with E-state index in [0.717, 1.165) is 22.5 Å². The molecular formula is C22H18N2O3S2. The van der Waals surface area contributed by atoms with E-state index in [-0.39, 0.29) is 21.7 Å². The van der Waals surface area contributed by atoms with Gasteiger partial charge in [0.15, 0.2) is 4.91 Å². The fourth-order valence-electron chi connectivity index (χ4n) is 2.74. The van der Waals surface area contributed by atoms with Crippen LogP contribution in [0.3, 0.4) is 0 Å². The fraction of sp³-hybridized carbons (Fsp3) is 0.0909. The number of nitriles is 1. The van der Waals surface area contributed by atoms with Gasteiger partial charge in [0.2, 0.25) is 9.84 Å². The first-order valence-corrected chi connectivity index (χ1v) is 11.0. The van der Waals surface area contributed by atoms with Crippen molar-refractivity contribution in [2.45, 2.75) is 18.4 Å². The van der Waals surface area contributed by atoms with Gasteiger partial charge in [0, 0.05) is 6.54 Å². The Balaban J connectivity index is 2.36. The summed E-state index contributed by atoms with van der Waals surface area (Å²) in [4.78, 5) is 12.5. The Morgan fingerprint density at radius 2 is 1.83 bits per heavy atom. The lowest BCUT2D eigenvalue weighted by molar-refractivity contribution is 0.605. The monoisotopic (exact) mass is 422 g/mol. The van der Waals surface area contributed by atoms with Crippen LogP contribution >= 0.6 is 11.3 Å². The predicted octanol–water partition coefficient (Wildman–Crippen LogP) is 2.34. The van der Waals surface area contributed by atoms with E-state index in [0.29, 0.717) is 4.53 Å². The molecule has 0 amide bonds. The highest BCUT2D eigenvalue weighted by Gasteiger charge is 2.24. The highest BCUT2D eigenvalue weighted by Crippen LogP contribution is 2.19. The van der Waals surface area contributed by atoms with Crippen molar-refractivity contribution in [3.63, 3.8) is 0 Å². The molecule has 0 atom stereocenters. The summed E-state index contributed by atoms with van der Waals surface area (Å²) < 4.78 is 27.9. The molecule has 1 aromatic heterocycles. The maximum atomic E-state index is 13.1. The molecule has 0 fully saturated rings. The molecule has 7 heteroatoms. The largest absolute Gasteiger partial charge is 0.293 e. The average molecular weight is 423 g/mol. The first kappa shape index (κ1) is 20.5. The second kappa shape index (κ2) is 8.43. The minimum atomic E-state index is -4.08. The van der Waals surface area contributed by atoms with Crippen molar-refractivity contribution in [3.05, 3.63) is 97.9 Å². The SMILES string of the molecule is C=CCn1c(=C(C#N)S(=O)(=O)c2ccc(C)cc2)sc(=Cc2ccccc2)c1=O. The number of sulfone groups is 1. The minimum absolute atomic E-state index is 0.0132. The Kier molecular flexibility index (Phi) is 5.97. The summed E-state index contributed by atoms with van der Waals surface area (Å²) in [6.45, 7) is 5.58. The number of aromatic nitrogens is 1. The van der Waals surface area contributed by atoms with E-state index >= 15 is 0 Å². The molecule has 29 heavy (non-hydrogen) atoms. The Hall–Kier alpha value is -3.21. The summed E-state index contributed by atoms with van der Waals surface area (Å²) in [6, 6.07) is 17.3. The van der Waals surface area contributed by atoms with Gasteiger partial charge in [0.25, 0.3) is 5.56 Å². The van der Waals surface area contributed by atoms with E-state index < -0.39 is 14.7 Å². The highest BCUT2D eigenvalue weighted by atomic mass is 32.2. The van der Waals surface area contributed by atoms with E-state index in [1.165, 1.54) is 22.8 Å². The molecule has 0 saturated carbocycles. The lowest BCUT2D eigenvalue weighted by atomic mass is 10.2. The van der Waals surface area contributed by atoms with Crippen LogP contribution in [0.25, 0.3) is 11.0 Å². The molecule has 0 radical (unpaired) electrons. The zero-order valence-corrected chi connectivity index (χ0v) is 17.3. The number of thiazole rings is 1. The summed E-state index contributed by atoms with van der Waals surface area (Å²) in [6.07, 6.45) is 3.18. The number of hydrogen-bond donors (Lipinski definition) is 0.